The number of nitrogens with zero attached hydrogens (tertiary/aromatic N) is 4. The molecule has 2 aliphatic rings. The van der Waals surface area contributed by atoms with Gasteiger partial charge in [0.05, 0.1) is 0 Å². The van der Waals surface area contributed by atoms with E-state index in [0.717, 1.165) is 43.0 Å². The lowest BCUT2D eigenvalue weighted by molar-refractivity contribution is 0.299. The van der Waals surface area contributed by atoms with E-state index in [1.807, 2.05) is 31.3 Å². The van der Waals surface area contributed by atoms with Gasteiger partial charge in [-0.15, -0.1) is 24.0 Å². The molecule has 0 radical (unpaired) electrons. The van der Waals surface area contributed by atoms with Crippen LogP contribution in [-0.2, 0) is 6.42 Å². The van der Waals surface area contributed by atoms with Gasteiger partial charge in [-0.2, -0.15) is 4.98 Å². The molecule has 0 spiro atoms. The van der Waals surface area contributed by atoms with E-state index in [1.54, 1.807) is 0 Å². The number of guanidine groups is 1. The maximum absolute atomic E-state index is 5.92. The summed E-state index contributed by atoms with van der Waals surface area (Å²) in [5, 5.41) is 8.21. The van der Waals surface area contributed by atoms with Crippen molar-refractivity contribution in [3.8, 4) is 11.4 Å². The van der Waals surface area contributed by atoms with Gasteiger partial charge in [-0.3, -0.25) is 4.99 Å². The number of aliphatic imine (C=N–C) groups is 1. The summed E-state index contributed by atoms with van der Waals surface area (Å²) in [5.41, 5.74) is 0.901. The predicted octanol–water partition coefficient (Wildman–Crippen LogP) is 4.25. The molecule has 1 N–H and O–H groups in total. The number of aromatic nitrogens is 2. The van der Waals surface area contributed by atoms with Gasteiger partial charge >= 0.3 is 0 Å². The van der Waals surface area contributed by atoms with Crippen LogP contribution in [0.2, 0.25) is 5.02 Å². The summed E-state index contributed by atoms with van der Waals surface area (Å²) >= 11 is 5.92. The highest BCUT2D eigenvalue weighted by Crippen LogP contribution is 2.35. The third kappa shape index (κ3) is 4.97. The van der Waals surface area contributed by atoms with E-state index in [4.69, 9.17) is 16.1 Å². The molecule has 1 saturated heterocycles. The zero-order valence-corrected chi connectivity index (χ0v) is 19.2. The van der Waals surface area contributed by atoms with E-state index >= 15 is 0 Å². The molecule has 2 unspecified atom stereocenters. The summed E-state index contributed by atoms with van der Waals surface area (Å²) < 4.78 is 5.38. The first-order chi connectivity index (χ1) is 13.2. The van der Waals surface area contributed by atoms with Crippen LogP contribution in [0.4, 0.5) is 0 Å². The standard InChI is InChI=1S/C20H26ClN5O.HI/c1-22-20(26-12-15-4-2-3-5-16(15)13-26)23-11-10-18-24-19(25-27-18)14-6-8-17(21)9-7-14;/h6-9,15-16H,2-5,10-13H2,1H3,(H,22,23);1H. The van der Waals surface area contributed by atoms with Gasteiger partial charge in [-0.25, -0.2) is 0 Å². The average Bonchev–Trinajstić information content (AvgIpc) is 3.33. The van der Waals surface area contributed by atoms with Gasteiger partial charge in [0, 0.05) is 43.7 Å². The third-order valence-electron chi connectivity index (χ3n) is 5.68. The van der Waals surface area contributed by atoms with Crippen molar-refractivity contribution in [1.82, 2.24) is 20.4 Å². The van der Waals surface area contributed by atoms with Crippen LogP contribution in [0.15, 0.2) is 33.8 Å². The second-order valence-corrected chi connectivity index (χ2v) is 7.89. The Kier molecular flexibility index (Phi) is 7.56. The number of nitrogens with one attached hydrogen (secondary N) is 1. The van der Waals surface area contributed by atoms with Crippen molar-refractivity contribution in [2.45, 2.75) is 32.1 Å². The Morgan fingerprint density at radius 1 is 1.21 bits per heavy atom. The smallest absolute Gasteiger partial charge is 0.228 e. The molecule has 4 rings (SSSR count). The molecule has 0 amide bonds. The minimum atomic E-state index is 0. The molecule has 1 saturated carbocycles. The molecule has 0 bridgehead atoms. The van der Waals surface area contributed by atoms with Gasteiger partial charge in [-0.1, -0.05) is 29.6 Å². The molecule has 1 aliphatic carbocycles. The second kappa shape index (κ2) is 9.91. The maximum atomic E-state index is 5.92. The maximum Gasteiger partial charge on any atom is 0.228 e. The summed E-state index contributed by atoms with van der Waals surface area (Å²) in [5.74, 6) is 3.89. The van der Waals surface area contributed by atoms with E-state index < -0.39 is 0 Å². The minimum Gasteiger partial charge on any atom is -0.356 e. The normalized spacial score (nSPS) is 21.9. The monoisotopic (exact) mass is 515 g/mol. The molecule has 2 aromatic rings. The SMILES string of the molecule is CN=C(NCCc1nc(-c2ccc(Cl)cc2)no1)N1CC2CCCCC2C1.I. The van der Waals surface area contributed by atoms with Crippen LogP contribution < -0.4 is 5.32 Å². The van der Waals surface area contributed by atoms with Crippen molar-refractivity contribution in [2.75, 3.05) is 26.7 Å². The molecule has 2 atom stereocenters. The average molecular weight is 516 g/mol. The van der Waals surface area contributed by atoms with Gasteiger partial charge < -0.3 is 14.7 Å². The van der Waals surface area contributed by atoms with Crippen molar-refractivity contribution in [3.63, 3.8) is 0 Å². The van der Waals surface area contributed by atoms with Crippen molar-refractivity contribution in [1.29, 1.82) is 0 Å². The lowest BCUT2D eigenvalue weighted by atomic mass is 9.82. The lowest BCUT2D eigenvalue weighted by Gasteiger charge is -2.22. The van der Waals surface area contributed by atoms with E-state index in [-0.39, 0.29) is 24.0 Å². The molecule has 1 aromatic heterocycles. The Balaban J connectivity index is 0.00000225. The fraction of sp³-hybridized carbons (Fsp3) is 0.550. The zero-order valence-electron chi connectivity index (χ0n) is 16.1. The summed E-state index contributed by atoms with van der Waals surface area (Å²) in [7, 11) is 1.86. The molecule has 28 heavy (non-hydrogen) atoms. The van der Waals surface area contributed by atoms with Crippen molar-refractivity contribution < 1.29 is 4.52 Å². The van der Waals surface area contributed by atoms with Crippen molar-refractivity contribution in [2.24, 2.45) is 16.8 Å². The van der Waals surface area contributed by atoms with Crippen LogP contribution in [-0.4, -0.2) is 47.7 Å². The molecule has 8 heteroatoms. The van der Waals surface area contributed by atoms with Crippen molar-refractivity contribution in [3.05, 3.63) is 35.2 Å². The first kappa shape index (κ1) is 21.4. The van der Waals surface area contributed by atoms with Crippen LogP contribution in [0, 0.1) is 11.8 Å². The number of likely N-dealkylation sites (tertiary alicyclic amines) is 1. The van der Waals surface area contributed by atoms with Crippen molar-refractivity contribution >= 4 is 41.5 Å². The van der Waals surface area contributed by atoms with E-state index in [0.29, 0.717) is 23.2 Å². The molecular weight excluding hydrogens is 489 g/mol. The predicted molar refractivity (Wildman–Crippen MR) is 122 cm³/mol. The Morgan fingerprint density at radius 2 is 1.89 bits per heavy atom. The van der Waals surface area contributed by atoms with E-state index in [1.165, 1.54) is 25.7 Å². The number of fused-ring (bicyclic) bond motifs is 1. The number of benzene rings is 1. The third-order valence-corrected chi connectivity index (χ3v) is 5.93. The number of hydrogen-bond donors (Lipinski definition) is 1. The highest BCUT2D eigenvalue weighted by atomic mass is 127. The Bertz CT molecular complexity index is 780. The second-order valence-electron chi connectivity index (χ2n) is 7.45. The number of rotatable bonds is 4. The molecule has 2 fully saturated rings. The molecule has 6 nitrogen and oxygen atoms in total. The van der Waals surface area contributed by atoms with E-state index in [9.17, 15) is 0 Å². The number of halogens is 2. The summed E-state index contributed by atoms with van der Waals surface area (Å²) in [6.07, 6.45) is 6.17. The fourth-order valence-corrected chi connectivity index (χ4v) is 4.39. The van der Waals surface area contributed by atoms with Crippen LogP contribution in [0.5, 0.6) is 0 Å². The van der Waals surface area contributed by atoms with Gasteiger partial charge in [0.25, 0.3) is 0 Å². The van der Waals surface area contributed by atoms with E-state index in [2.05, 4.69) is 25.3 Å². The minimum absolute atomic E-state index is 0. The molecule has 1 aliphatic heterocycles. The zero-order chi connectivity index (χ0) is 18.6. The van der Waals surface area contributed by atoms with Crippen LogP contribution in [0.3, 0.4) is 0 Å². The quantitative estimate of drug-likeness (QED) is 0.375. The topological polar surface area (TPSA) is 66.5 Å². The van der Waals surface area contributed by atoms with Gasteiger partial charge in [0.1, 0.15) is 0 Å². The number of hydrogen-bond acceptors (Lipinski definition) is 4. The highest BCUT2D eigenvalue weighted by molar-refractivity contribution is 14.0. The van der Waals surface area contributed by atoms with Crippen LogP contribution in [0.25, 0.3) is 11.4 Å². The summed E-state index contributed by atoms with van der Waals surface area (Å²) in [6, 6.07) is 7.44. The van der Waals surface area contributed by atoms with Gasteiger partial charge in [0.2, 0.25) is 11.7 Å². The van der Waals surface area contributed by atoms with Crippen LogP contribution in [0.1, 0.15) is 31.6 Å². The fourth-order valence-electron chi connectivity index (χ4n) is 4.26. The van der Waals surface area contributed by atoms with Gasteiger partial charge in [-0.05, 0) is 48.9 Å². The highest BCUT2D eigenvalue weighted by Gasteiger charge is 2.35. The lowest BCUT2D eigenvalue weighted by Crippen LogP contribution is -2.41. The van der Waals surface area contributed by atoms with Crippen LogP contribution >= 0.6 is 35.6 Å². The largest absolute Gasteiger partial charge is 0.356 e. The van der Waals surface area contributed by atoms with Gasteiger partial charge in [0.15, 0.2) is 5.96 Å². The molecule has 1 aromatic carbocycles. The first-order valence-electron chi connectivity index (χ1n) is 9.77. The summed E-state index contributed by atoms with van der Waals surface area (Å²) in [6.45, 7) is 2.98. The Morgan fingerprint density at radius 3 is 2.54 bits per heavy atom. The molecular formula is C20H27ClIN5O. The first-order valence-corrected chi connectivity index (χ1v) is 10.1. The summed E-state index contributed by atoms with van der Waals surface area (Å²) in [4.78, 5) is 11.4. The molecule has 152 valence electrons. The Hall–Kier alpha value is -1.35. The Labute approximate surface area is 188 Å². The molecule has 2 heterocycles.